The minimum atomic E-state index is 0.658. The first-order valence-corrected chi connectivity index (χ1v) is 6.42. The predicted molar refractivity (Wildman–Crippen MR) is 61.5 cm³/mol. The van der Waals surface area contributed by atoms with Gasteiger partial charge in [0.25, 0.3) is 0 Å². The fraction of sp³-hybridized carbons (Fsp3) is 1.00. The molecule has 1 fully saturated rings. The van der Waals surface area contributed by atoms with Crippen LogP contribution >= 0.6 is 11.8 Å². The van der Waals surface area contributed by atoms with Gasteiger partial charge in [-0.25, -0.2) is 0 Å². The highest BCUT2D eigenvalue weighted by atomic mass is 32.2. The Hall–Kier alpha value is 0.270. The maximum atomic E-state index is 3.50. The molecule has 1 aliphatic heterocycles. The third-order valence-corrected chi connectivity index (χ3v) is 3.74. The Morgan fingerprint density at radius 1 is 1.54 bits per heavy atom. The van der Waals surface area contributed by atoms with Gasteiger partial charge in [0.2, 0.25) is 0 Å². The molecule has 2 nitrogen and oxygen atoms in total. The van der Waals surface area contributed by atoms with Crippen molar-refractivity contribution >= 4 is 11.8 Å². The first kappa shape index (κ1) is 11.3. The van der Waals surface area contributed by atoms with Gasteiger partial charge in [0.05, 0.1) is 0 Å². The van der Waals surface area contributed by atoms with Crippen molar-refractivity contribution in [3.8, 4) is 0 Å². The van der Waals surface area contributed by atoms with Crippen LogP contribution in [0.15, 0.2) is 0 Å². The van der Waals surface area contributed by atoms with E-state index in [1.807, 2.05) is 11.8 Å². The maximum absolute atomic E-state index is 3.50. The number of hydrogen-bond donors (Lipinski definition) is 1. The third kappa shape index (κ3) is 3.49. The summed E-state index contributed by atoms with van der Waals surface area (Å²) in [5.41, 5.74) is 0. The summed E-state index contributed by atoms with van der Waals surface area (Å²) in [4.78, 5) is 2.60. The number of piperazine rings is 1. The lowest BCUT2D eigenvalue weighted by Gasteiger charge is -2.38. The highest BCUT2D eigenvalue weighted by Crippen LogP contribution is 2.12. The van der Waals surface area contributed by atoms with E-state index in [1.54, 1.807) is 0 Å². The first-order valence-electron chi connectivity index (χ1n) is 5.13. The zero-order chi connectivity index (χ0) is 9.84. The SMILES string of the molecule is CSC(C)CN1CC(C)NCC1C. The second kappa shape index (κ2) is 5.23. The zero-order valence-electron chi connectivity index (χ0n) is 9.21. The lowest BCUT2D eigenvalue weighted by atomic mass is 10.1. The lowest BCUT2D eigenvalue weighted by molar-refractivity contribution is 0.149. The Bertz CT molecular complexity index is 152. The molecule has 1 N–H and O–H groups in total. The van der Waals surface area contributed by atoms with Crippen LogP contribution in [-0.2, 0) is 0 Å². The van der Waals surface area contributed by atoms with Crippen LogP contribution < -0.4 is 5.32 Å². The summed E-state index contributed by atoms with van der Waals surface area (Å²) in [7, 11) is 0. The van der Waals surface area contributed by atoms with Crippen LogP contribution in [-0.4, -0.2) is 48.1 Å². The molecule has 0 spiro atoms. The molecule has 0 aromatic carbocycles. The predicted octanol–water partition coefficient (Wildman–Crippen LogP) is 1.42. The fourth-order valence-corrected chi connectivity index (χ4v) is 2.10. The normalized spacial score (nSPS) is 33.2. The van der Waals surface area contributed by atoms with Crippen LogP contribution in [0.5, 0.6) is 0 Å². The van der Waals surface area contributed by atoms with Gasteiger partial charge in [-0.3, -0.25) is 4.90 Å². The number of hydrogen-bond acceptors (Lipinski definition) is 3. The molecule has 78 valence electrons. The third-order valence-electron chi connectivity index (χ3n) is 2.79. The van der Waals surface area contributed by atoms with Crippen molar-refractivity contribution in [2.75, 3.05) is 25.9 Å². The van der Waals surface area contributed by atoms with E-state index in [0.717, 1.165) is 11.8 Å². The molecule has 0 radical (unpaired) electrons. The molecule has 0 aromatic rings. The van der Waals surface area contributed by atoms with E-state index >= 15 is 0 Å². The number of nitrogens with zero attached hydrogens (tertiary/aromatic N) is 1. The van der Waals surface area contributed by atoms with Crippen LogP contribution in [0.3, 0.4) is 0 Å². The van der Waals surface area contributed by atoms with Crippen LogP contribution in [0.25, 0.3) is 0 Å². The smallest absolute Gasteiger partial charge is 0.0193 e. The quantitative estimate of drug-likeness (QED) is 0.745. The Morgan fingerprint density at radius 2 is 2.23 bits per heavy atom. The fourth-order valence-electron chi connectivity index (χ4n) is 1.76. The second-order valence-corrected chi connectivity index (χ2v) is 5.43. The van der Waals surface area contributed by atoms with Crippen LogP contribution in [0.4, 0.5) is 0 Å². The van der Waals surface area contributed by atoms with E-state index in [2.05, 4.69) is 37.2 Å². The summed E-state index contributed by atoms with van der Waals surface area (Å²) in [5, 5.41) is 4.26. The molecule has 0 saturated carbocycles. The van der Waals surface area contributed by atoms with Gasteiger partial charge in [-0.1, -0.05) is 6.92 Å². The van der Waals surface area contributed by atoms with E-state index in [-0.39, 0.29) is 0 Å². The minimum absolute atomic E-state index is 0.658. The first-order chi connectivity index (χ1) is 6.13. The van der Waals surface area contributed by atoms with Gasteiger partial charge >= 0.3 is 0 Å². The molecule has 1 saturated heterocycles. The van der Waals surface area contributed by atoms with Gasteiger partial charge in [0.1, 0.15) is 0 Å². The van der Waals surface area contributed by atoms with Gasteiger partial charge in [-0.05, 0) is 20.1 Å². The molecular formula is C10H22N2S. The van der Waals surface area contributed by atoms with E-state index in [9.17, 15) is 0 Å². The van der Waals surface area contributed by atoms with Crippen molar-refractivity contribution in [2.45, 2.75) is 38.1 Å². The Balaban J connectivity index is 2.37. The maximum Gasteiger partial charge on any atom is 0.0193 e. The standard InChI is InChI=1S/C10H22N2S/c1-8-6-12(7-10(3)13-4)9(2)5-11-8/h8-11H,5-7H2,1-4H3. The van der Waals surface area contributed by atoms with Crippen molar-refractivity contribution < 1.29 is 0 Å². The topological polar surface area (TPSA) is 15.3 Å². The molecule has 0 bridgehead atoms. The highest BCUT2D eigenvalue weighted by molar-refractivity contribution is 7.99. The molecule has 3 unspecified atom stereocenters. The van der Waals surface area contributed by atoms with Gasteiger partial charge in [0, 0.05) is 37.0 Å². The number of rotatable bonds is 3. The average molecular weight is 202 g/mol. The van der Waals surface area contributed by atoms with E-state index in [4.69, 9.17) is 0 Å². The zero-order valence-corrected chi connectivity index (χ0v) is 10.0. The Morgan fingerprint density at radius 3 is 2.85 bits per heavy atom. The molecule has 1 aliphatic rings. The second-order valence-electron chi connectivity index (χ2n) is 4.16. The number of thioether (sulfide) groups is 1. The largest absolute Gasteiger partial charge is 0.311 e. The average Bonchev–Trinajstić information content (AvgIpc) is 2.11. The Labute approximate surface area is 86.5 Å². The molecule has 1 rings (SSSR count). The van der Waals surface area contributed by atoms with Crippen LogP contribution in [0.1, 0.15) is 20.8 Å². The van der Waals surface area contributed by atoms with E-state index in [1.165, 1.54) is 13.1 Å². The molecule has 1 heterocycles. The summed E-state index contributed by atoms with van der Waals surface area (Å²) >= 11 is 1.96. The molecule has 13 heavy (non-hydrogen) atoms. The molecular weight excluding hydrogens is 180 g/mol. The van der Waals surface area contributed by atoms with Crippen molar-refractivity contribution in [3.63, 3.8) is 0 Å². The van der Waals surface area contributed by atoms with Gasteiger partial charge in [-0.15, -0.1) is 0 Å². The molecule has 0 aromatic heterocycles. The summed E-state index contributed by atoms with van der Waals surface area (Å²) in [6, 6.07) is 1.36. The summed E-state index contributed by atoms with van der Waals surface area (Å²) in [6.07, 6.45) is 2.20. The van der Waals surface area contributed by atoms with Crippen LogP contribution in [0.2, 0.25) is 0 Å². The highest BCUT2D eigenvalue weighted by Gasteiger charge is 2.22. The van der Waals surface area contributed by atoms with E-state index in [0.29, 0.717) is 12.1 Å². The molecule has 0 amide bonds. The number of nitrogens with one attached hydrogen (secondary N) is 1. The van der Waals surface area contributed by atoms with Crippen molar-refractivity contribution in [2.24, 2.45) is 0 Å². The van der Waals surface area contributed by atoms with Crippen LogP contribution in [0, 0.1) is 0 Å². The molecule has 3 heteroatoms. The van der Waals surface area contributed by atoms with Crippen molar-refractivity contribution in [1.29, 1.82) is 0 Å². The van der Waals surface area contributed by atoms with Gasteiger partial charge in [0.15, 0.2) is 0 Å². The summed E-state index contributed by atoms with van der Waals surface area (Å²) < 4.78 is 0. The monoisotopic (exact) mass is 202 g/mol. The molecule has 0 aliphatic carbocycles. The summed E-state index contributed by atoms with van der Waals surface area (Å²) in [6.45, 7) is 10.5. The lowest BCUT2D eigenvalue weighted by Crippen LogP contribution is -2.55. The minimum Gasteiger partial charge on any atom is -0.311 e. The van der Waals surface area contributed by atoms with Crippen molar-refractivity contribution in [3.05, 3.63) is 0 Å². The van der Waals surface area contributed by atoms with E-state index < -0.39 is 0 Å². The van der Waals surface area contributed by atoms with Gasteiger partial charge in [-0.2, -0.15) is 11.8 Å². The van der Waals surface area contributed by atoms with Crippen molar-refractivity contribution in [1.82, 2.24) is 10.2 Å². The Kier molecular flexibility index (Phi) is 4.56. The van der Waals surface area contributed by atoms with Gasteiger partial charge < -0.3 is 5.32 Å². The molecule has 3 atom stereocenters. The summed E-state index contributed by atoms with van der Waals surface area (Å²) in [5.74, 6) is 0.